The molecule has 3 heterocycles. The van der Waals surface area contributed by atoms with Gasteiger partial charge in [-0.2, -0.15) is 0 Å². The van der Waals surface area contributed by atoms with Crippen LogP contribution in [0.1, 0.15) is 44.9 Å². The third kappa shape index (κ3) is 6.86. The van der Waals surface area contributed by atoms with Crippen LogP contribution in [0.25, 0.3) is 0 Å². The van der Waals surface area contributed by atoms with Gasteiger partial charge in [0.1, 0.15) is 12.2 Å². The standard InChI is InChI=1S/C18H32N6O2.HI/c1-2-17-22-21-14-24(17)11-8-19-18(23-9-6-15(25)7-10-23)20-13-16-5-3-4-12-26-16;/h14-16,25H,2-13H2,1H3,(H,19,20);1H. The van der Waals surface area contributed by atoms with E-state index in [-0.39, 0.29) is 36.2 Å². The number of guanidine groups is 1. The van der Waals surface area contributed by atoms with Crippen LogP contribution in [0.4, 0.5) is 0 Å². The normalized spacial score (nSPS) is 21.8. The molecule has 2 fully saturated rings. The number of nitrogens with one attached hydrogen (secondary N) is 1. The molecule has 1 aromatic rings. The van der Waals surface area contributed by atoms with E-state index in [1.165, 1.54) is 6.42 Å². The van der Waals surface area contributed by atoms with Crippen molar-refractivity contribution in [2.45, 2.75) is 64.2 Å². The van der Waals surface area contributed by atoms with Gasteiger partial charge >= 0.3 is 0 Å². The molecule has 0 spiro atoms. The highest BCUT2D eigenvalue weighted by atomic mass is 127. The predicted octanol–water partition coefficient (Wildman–Crippen LogP) is 1.43. The number of likely N-dealkylation sites (tertiary alicyclic amines) is 1. The highest BCUT2D eigenvalue weighted by Crippen LogP contribution is 2.14. The van der Waals surface area contributed by atoms with Gasteiger partial charge < -0.3 is 24.6 Å². The summed E-state index contributed by atoms with van der Waals surface area (Å²) in [6.07, 6.45) is 7.79. The van der Waals surface area contributed by atoms with Crippen molar-refractivity contribution in [3.8, 4) is 0 Å². The lowest BCUT2D eigenvalue weighted by Gasteiger charge is -2.33. The van der Waals surface area contributed by atoms with Crippen molar-refractivity contribution in [1.82, 2.24) is 25.0 Å². The third-order valence-electron chi connectivity index (χ3n) is 5.13. The Hall–Kier alpha value is -0.940. The smallest absolute Gasteiger partial charge is 0.194 e. The van der Waals surface area contributed by atoms with Crippen molar-refractivity contribution in [2.24, 2.45) is 4.99 Å². The predicted molar refractivity (Wildman–Crippen MR) is 116 cm³/mol. The van der Waals surface area contributed by atoms with Gasteiger partial charge in [-0.25, -0.2) is 0 Å². The largest absolute Gasteiger partial charge is 0.393 e. The highest BCUT2D eigenvalue weighted by molar-refractivity contribution is 14.0. The molecule has 2 saturated heterocycles. The summed E-state index contributed by atoms with van der Waals surface area (Å²) < 4.78 is 7.89. The Balaban J connectivity index is 0.00000261. The average Bonchev–Trinajstić information content (AvgIpc) is 3.13. The summed E-state index contributed by atoms with van der Waals surface area (Å²) in [5, 5.41) is 21.4. The Kier molecular flexibility index (Phi) is 9.77. The number of aliphatic imine (C=N–C) groups is 1. The molecule has 154 valence electrons. The van der Waals surface area contributed by atoms with E-state index in [4.69, 9.17) is 9.73 Å². The first kappa shape index (κ1) is 22.4. The zero-order valence-electron chi connectivity index (χ0n) is 16.2. The van der Waals surface area contributed by atoms with E-state index in [0.717, 1.165) is 76.7 Å². The quantitative estimate of drug-likeness (QED) is 0.355. The Morgan fingerprint density at radius 3 is 2.85 bits per heavy atom. The van der Waals surface area contributed by atoms with Gasteiger partial charge in [0.25, 0.3) is 0 Å². The summed E-state index contributed by atoms with van der Waals surface area (Å²) in [4.78, 5) is 7.09. The van der Waals surface area contributed by atoms with E-state index >= 15 is 0 Å². The molecule has 2 aliphatic rings. The van der Waals surface area contributed by atoms with Gasteiger partial charge in [-0.05, 0) is 32.1 Å². The fourth-order valence-corrected chi connectivity index (χ4v) is 3.51. The molecule has 1 atom stereocenters. The summed E-state index contributed by atoms with van der Waals surface area (Å²) in [5.41, 5.74) is 0. The Morgan fingerprint density at radius 1 is 1.33 bits per heavy atom. The average molecular weight is 492 g/mol. The fraction of sp³-hybridized carbons (Fsp3) is 0.833. The van der Waals surface area contributed by atoms with Crippen LogP contribution in [0.5, 0.6) is 0 Å². The molecule has 8 nitrogen and oxygen atoms in total. The summed E-state index contributed by atoms with van der Waals surface area (Å²) in [5.74, 6) is 1.93. The molecular formula is C18H33IN6O2. The van der Waals surface area contributed by atoms with E-state index in [9.17, 15) is 5.11 Å². The highest BCUT2D eigenvalue weighted by Gasteiger charge is 2.21. The minimum Gasteiger partial charge on any atom is -0.393 e. The van der Waals surface area contributed by atoms with Crippen LogP contribution in [0.15, 0.2) is 11.3 Å². The molecule has 1 unspecified atom stereocenters. The number of nitrogens with zero attached hydrogens (tertiary/aromatic N) is 5. The monoisotopic (exact) mass is 492 g/mol. The van der Waals surface area contributed by atoms with Crippen LogP contribution in [-0.4, -0.2) is 75.7 Å². The summed E-state index contributed by atoms with van der Waals surface area (Å²) in [7, 11) is 0. The van der Waals surface area contributed by atoms with Crippen LogP contribution >= 0.6 is 24.0 Å². The van der Waals surface area contributed by atoms with Crippen molar-refractivity contribution < 1.29 is 9.84 Å². The van der Waals surface area contributed by atoms with Crippen molar-refractivity contribution in [2.75, 3.05) is 32.8 Å². The molecule has 9 heteroatoms. The van der Waals surface area contributed by atoms with Crippen LogP contribution in [0, 0.1) is 0 Å². The van der Waals surface area contributed by atoms with Crippen molar-refractivity contribution in [3.05, 3.63) is 12.2 Å². The summed E-state index contributed by atoms with van der Waals surface area (Å²) >= 11 is 0. The summed E-state index contributed by atoms with van der Waals surface area (Å²) in [6.45, 7) is 6.90. The van der Waals surface area contributed by atoms with Crippen LogP contribution in [0.2, 0.25) is 0 Å². The van der Waals surface area contributed by atoms with Crippen molar-refractivity contribution >= 4 is 29.9 Å². The number of halogens is 1. The summed E-state index contributed by atoms with van der Waals surface area (Å²) in [6, 6.07) is 0. The van der Waals surface area contributed by atoms with Gasteiger partial charge in [0, 0.05) is 39.2 Å². The van der Waals surface area contributed by atoms with E-state index in [1.807, 2.05) is 0 Å². The number of hydrogen-bond donors (Lipinski definition) is 2. The molecule has 0 aliphatic carbocycles. The number of ether oxygens (including phenoxy) is 1. The first-order valence-corrected chi connectivity index (χ1v) is 9.96. The Morgan fingerprint density at radius 2 is 2.15 bits per heavy atom. The zero-order chi connectivity index (χ0) is 18.2. The second kappa shape index (κ2) is 11.8. The van der Waals surface area contributed by atoms with Crippen LogP contribution < -0.4 is 5.32 Å². The van der Waals surface area contributed by atoms with E-state index < -0.39 is 0 Å². The number of rotatable bonds is 6. The number of aliphatic hydroxyl groups excluding tert-OH is 1. The second-order valence-corrected chi connectivity index (χ2v) is 7.09. The molecule has 2 N–H and O–H groups in total. The molecular weight excluding hydrogens is 459 g/mol. The Labute approximate surface area is 178 Å². The maximum Gasteiger partial charge on any atom is 0.194 e. The van der Waals surface area contributed by atoms with E-state index in [2.05, 4.69) is 31.9 Å². The molecule has 0 amide bonds. The lowest BCUT2D eigenvalue weighted by molar-refractivity contribution is 0.0222. The molecule has 27 heavy (non-hydrogen) atoms. The fourth-order valence-electron chi connectivity index (χ4n) is 3.51. The van der Waals surface area contributed by atoms with Crippen molar-refractivity contribution in [3.63, 3.8) is 0 Å². The van der Waals surface area contributed by atoms with Gasteiger partial charge in [-0.15, -0.1) is 34.2 Å². The first-order chi connectivity index (χ1) is 12.8. The molecule has 0 aromatic carbocycles. The van der Waals surface area contributed by atoms with Gasteiger partial charge in [-0.1, -0.05) is 6.92 Å². The number of aromatic nitrogens is 3. The molecule has 0 saturated carbocycles. The zero-order valence-corrected chi connectivity index (χ0v) is 18.5. The van der Waals surface area contributed by atoms with Gasteiger partial charge in [0.2, 0.25) is 0 Å². The maximum absolute atomic E-state index is 9.78. The number of aliphatic hydroxyl groups is 1. The number of piperidine rings is 1. The first-order valence-electron chi connectivity index (χ1n) is 9.96. The molecule has 1 aromatic heterocycles. The molecule has 0 bridgehead atoms. The molecule has 3 rings (SSSR count). The number of hydrogen-bond acceptors (Lipinski definition) is 5. The van der Waals surface area contributed by atoms with E-state index in [0.29, 0.717) is 6.54 Å². The Bertz CT molecular complexity index is 568. The lowest BCUT2D eigenvalue weighted by Crippen LogP contribution is -2.47. The maximum atomic E-state index is 9.78. The molecule has 0 radical (unpaired) electrons. The van der Waals surface area contributed by atoms with Gasteiger partial charge in [0.15, 0.2) is 5.96 Å². The van der Waals surface area contributed by atoms with Crippen molar-refractivity contribution in [1.29, 1.82) is 0 Å². The second-order valence-electron chi connectivity index (χ2n) is 7.09. The lowest BCUT2D eigenvalue weighted by atomic mass is 10.1. The van der Waals surface area contributed by atoms with Crippen LogP contribution in [-0.2, 0) is 17.7 Å². The minimum absolute atomic E-state index is 0. The minimum atomic E-state index is -0.182. The van der Waals surface area contributed by atoms with Gasteiger partial charge in [0.05, 0.1) is 18.8 Å². The SMILES string of the molecule is CCc1nncn1CCNC(=NCC1CCCCO1)N1CCC(O)CC1.I. The number of aryl methyl sites for hydroxylation is 1. The van der Waals surface area contributed by atoms with Gasteiger partial charge in [-0.3, -0.25) is 4.99 Å². The van der Waals surface area contributed by atoms with E-state index in [1.54, 1.807) is 6.33 Å². The third-order valence-corrected chi connectivity index (χ3v) is 5.13. The van der Waals surface area contributed by atoms with Crippen LogP contribution in [0.3, 0.4) is 0 Å². The molecule has 2 aliphatic heterocycles. The topological polar surface area (TPSA) is 87.8 Å².